The first-order valence-electron chi connectivity index (χ1n) is 5.93. The average Bonchev–Trinajstić information content (AvgIpc) is 2.38. The van der Waals surface area contributed by atoms with E-state index in [0.29, 0.717) is 17.9 Å². The molecule has 1 atom stereocenters. The highest BCUT2D eigenvalue weighted by Gasteiger charge is 2.39. The van der Waals surface area contributed by atoms with Crippen LogP contribution in [0.1, 0.15) is 32.4 Å². The van der Waals surface area contributed by atoms with Crippen molar-refractivity contribution in [3.05, 3.63) is 29.8 Å². The SMILES string of the molecule is CCOC(=O)C(C)(C)C(O)c1ccccc1OC. The Bertz CT molecular complexity index is 412. The van der Waals surface area contributed by atoms with Crippen molar-refractivity contribution in [2.45, 2.75) is 26.9 Å². The molecule has 1 unspecified atom stereocenters. The van der Waals surface area contributed by atoms with Crippen LogP contribution >= 0.6 is 0 Å². The highest BCUT2D eigenvalue weighted by molar-refractivity contribution is 5.77. The molecule has 0 radical (unpaired) electrons. The van der Waals surface area contributed by atoms with Gasteiger partial charge in [-0.2, -0.15) is 0 Å². The number of hydrogen-bond donors (Lipinski definition) is 1. The second-order valence-electron chi connectivity index (χ2n) is 4.59. The van der Waals surface area contributed by atoms with Gasteiger partial charge in [-0.3, -0.25) is 4.79 Å². The van der Waals surface area contributed by atoms with E-state index in [4.69, 9.17) is 9.47 Å². The lowest BCUT2D eigenvalue weighted by Gasteiger charge is -2.29. The molecule has 0 bridgehead atoms. The van der Waals surface area contributed by atoms with E-state index in [1.165, 1.54) is 7.11 Å². The number of esters is 1. The van der Waals surface area contributed by atoms with Crippen LogP contribution in [0.3, 0.4) is 0 Å². The number of hydrogen-bond acceptors (Lipinski definition) is 4. The zero-order valence-corrected chi connectivity index (χ0v) is 11.3. The topological polar surface area (TPSA) is 55.8 Å². The molecule has 0 heterocycles. The molecule has 0 aromatic heterocycles. The molecule has 0 aliphatic rings. The smallest absolute Gasteiger partial charge is 0.314 e. The van der Waals surface area contributed by atoms with Crippen molar-refractivity contribution in [1.82, 2.24) is 0 Å². The number of aliphatic hydroxyl groups excluding tert-OH is 1. The summed E-state index contributed by atoms with van der Waals surface area (Å²) in [7, 11) is 1.53. The van der Waals surface area contributed by atoms with Crippen molar-refractivity contribution in [3.8, 4) is 5.75 Å². The standard InChI is InChI=1S/C14H20O4/c1-5-18-13(16)14(2,3)12(15)10-8-6-7-9-11(10)17-4/h6-9,12,15H,5H2,1-4H3. The third-order valence-electron chi connectivity index (χ3n) is 2.92. The van der Waals surface area contributed by atoms with Gasteiger partial charge in [0.2, 0.25) is 0 Å². The Morgan fingerprint density at radius 3 is 2.56 bits per heavy atom. The summed E-state index contributed by atoms with van der Waals surface area (Å²) in [5.41, 5.74) is -0.442. The summed E-state index contributed by atoms with van der Waals surface area (Å²) in [6.45, 7) is 5.34. The Hall–Kier alpha value is -1.55. The molecular formula is C14H20O4. The minimum atomic E-state index is -1.02. The molecule has 1 rings (SSSR count). The zero-order chi connectivity index (χ0) is 13.8. The molecule has 1 N–H and O–H groups in total. The van der Waals surface area contributed by atoms with Crippen LogP contribution in [0.4, 0.5) is 0 Å². The van der Waals surface area contributed by atoms with Crippen LogP contribution < -0.4 is 4.74 Å². The molecule has 0 aliphatic carbocycles. The molecule has 0 fully saturated rings. The lowest BCUT2D eigenvalue weighted by Crippen LogP contribution is -2.33. The van der Waals surface area contributed by atoms with Gasteiger partial charge in [0, 0.05) is 5.56 Å². The van der Waals surface area contributed by atoms with Crippen LogP contribution in [0.2, 0.25) is 0 Å². The van der Waals surface area contributed by atoms with E-state index >= 15 is 0 Å². The molecular weight excluding hydrogens is 232 g/mol. The van der Waals surface area contributed by atoms with Crippen LogP contribution in [-0.4, -0.2) is 24.8 Å². The number of para-hydroxylation sites is 1. The predicted octanol–water partition coefficient (Wildman–Crippen LogP) is 2.32. The van der Waals surface area contributed by atoms with E-state index in [0.717, 1.165) is 0 Å². The van der Waals surface area contributed by atoms with Crippen molar-refractivity contribution in [2.75, 3.05) is 13.7 Å². The quantitative estimate of drug-likeness (QED) is 0.817. The van der Waals surface area contributed by atoms with E-state index in [1.807, 2.05) is 6.07 Å². The van der Waals surface area contributed by atoms with Crippen molar-refractivity contribution in [1.29, 1.82) is 0 Å². The number of benzene rings is 1. The largest absolute Gasteiger partial charge is 0.496 e. The van der Waals surface area contributed by atoms with Crippen LogP contribution in [0.25, 0.3) is 0 Å². The van der Waals surface area contributed by atoms with Gasteiger partial charge < -0.3 is 14.6 Å². The summed E-state index contributed by atoms with van der Waals surface area (Å²) in [4.78, 5) is 11.9. The molecule has 1 aromatic carbocycles. The van der Waals surface area contributed by atoms with Crippen LogP contribution in [-0.2, 0) is 9.53 Å². The van der Waals surface area contributed by atoms with E-state index in [-0.39, 0.29) is 0 Å². The Morgan fingerprint density at radius 1 is 1.39 bits per heavy atom. The number of ether oxygens (including phenoxy) is 2. The number of methoxy groups -OCH3 is 1. The first kappa shape index (κ1) is 14.5. The Kier molecular flexibility index (Phi) is 4.73. The van der Waals surface area contributed by atoms with Crippen LogP contribution in [0, 0.1) is 5.41 Å². The average molecular weight is 252 g/mol. The van der Waals surface area contributed by atoms with Gasteiger partial charge in [0.15, 0.2) is 0 Å². The van der Waals surface area contributed by atoms with Gasteiger partial charge in [0.1, 0.15) is 5.75 Å². The van der Waals surface area contributed by atoms with E-state index in [1.54, 1.807) is 39.0 Å². The summed E-state index contributed by atoms with van der Waals surface area (Å²) in [5.74, 6) is 0.130. The fraction of sp³-hybridized carbons (Fsp3) is 0.500. The lowest BCUT2D eigenvalue weighted by atomic mass is 9.82. The second-order valence-corrected chi connectivity index (χ2v) is 4.59. The molecule has 0 saturated carbocycles. The summed E-state index contributed by atoms with van der Waals surface area (Å²) in [6.07, 6.45) is -0.979. The maximum atomic E-state index is 11.9. The number of rotatable bonds is 5. The van der Waals surface area contributed by atoms with Crippen molar-refractivity contribution in [3.63, 3.8) is 0 Å². The maximum absolute atomic E-state index is 11.9. The third-order valence-corrected chi connectivity index (χ3v) is 2.92. The lowest BCUT2D eigenvalue weighted by molar-refractivity contribution is -0.160. The summed E-state index contributed by atoms with van der Waals surface area (Å²) >= 11 is 0. The second kappa shape index (κ2) is 5.87. The Morgan fingerprint density at radius 2 is 2.00 bits per heavy atom. The van der Waals surface area contributed by atoms with Gasteiger partial charge in [-0.05, 0) is 26.8 Å². The van der Waals surface area contributed by atoms with E-state index < -0.39 is 17.5 Å². The monoisotopic (exact) mass is 252 g/mol. The summed E-state index contributed by atoms with van der Waals surface area (Å²) < 4.78 is 10.2. The van der Waals surface area contributed by atoms with Crippen LogP contribution in [0.5, 0.6) is 5.75 Å². The molecule has 0 saturated heterocycles. The predicted molar refractivity (Wildman–Crippen MR) is 68.4 cm³/mol. The molecule has 1 aromatic rings. The van der Waals surface area contributed by atoms with E-state index in [2.05, 4.69) is 0 Å². The molecule has 100 valence electrons. The fourth-order valence-corrected chi connectivity index (χ4v) is 1.71. The maximum Gasteiger partial charge on any atom is 0.314 e. The zero-order valence-electron chi connectivity index (χ0n) is 11.3. The third kappa shape index (κ3) is 2.82. The van der Waals surface area contributed by atoms with Gasteiger partial charge in [0.05, 0.1) is 25.2 Å². The van der Waals surface area contributed by atoms with Gasteiger partial charge in [-0.1, -0.05) is 18.2 Å². The van der Waals surface area contributed by atoms with Crippen molar-refractivity contribution in [2.24, 2.45) is 5.41 Å². The molecule has 0 amide bonds. The normalized spacial score (nSPS) is 12.9. The van der Waals surface area contributed by atoms with Gasteiger partial charge in [0.25, 0.3) is 0 Å². The number of aliphatic hydroxyl groups is 1. The highest BCUT2D eigenvalue weighted by atomic mass is 16.5. The summed E-state index contributed by atoms with van der Waals surface area (Å²) in [6, 6.07) is 7.10. The minimum Gasteiger partial charge on any atom is -0.496 e. The molecule has 4 heteroatoms. The Labute approximate surface area is 108 Å². The molecule has 18 heavy (non-hydrogen) atoms. The van der Waals surface area contributed by atoms with E-state index in [9.17, 15) is 9.90 Å². The minimum absolute atomic E-state index is 0.293. The molecule has 4 nitrogen and oxygen atoms in total. The first-order valence-corrected chi connectivity index (χ1v) is 5.93. The van der Waals surface area contributed by atoms with Crippen LogP contribution in [0.15, 0.2) is 24.3 Å². The molecule has 0 aliphatic heterocycles. The van der Waals surface area contributed by atoms with Gasteiger partial charge >= 0.3 is 5.97 Å². The first-order chi connectivity index (χ1) is 8.45. The van der Waals surface area contributed by atoms with Gasteiger partial charge in [-0.15, -0.1) is 0 Å². The molecule has 0 spiro atoms. The Balaban J connectivity index is 3.05. The fourth-order valence-electron chi connectivity index (χ4n) is 1.71. The highest BCUT2D eigenvalue weighted by Crippen LogP contribution is 2.38. The number of carbonyl (C=O) groups is 1. The summed E-state index contributed by atoms with van der Waals surface area (Å²) in [5, 5.41) is 10.4. The number of carbonyl (C=O) groups excluding carboxylic acids is 1. The van der Waals surface area contributed by atoms with Crippen molar-refractivity contribution < 1.29 is 19.4 Å². The van der Waals surface area contributed by atoms with Gasteiger partial charge in [-0.25, -0.2) is 0 Å². The van der Waals surface area contributed by atoms with Crippen molar-refractivity contribution >= 4 is 5.97 Å².